The summed E-state index contributed by atoms with van der Waals surface area (Å²) in [6.07, 6.45) is 4.12. The van der Waals surface area contributed by atoms with Gasteiger partial charge in [-0.25, -0.2) is 4.98 Å². The third-order valence-corrected chi connectivity index (χ3v) is 4.88. The minimum Gasteiger partial charge on any atom is -0.341 e. The number of carbonyl (C=O) groups is 1. The first-order valence-corrected chi connectivity index (χ1v) is 8.20. The first-order chi connectivity index (χ1) is 10.2. The number of hydrogen-bond acceptors (Lipinski definition) is 5. The van der Waals surface area contributed by atoms with E-state index in [1.165, 1.54) is 4.88 Å². The van der Waals surface area contributed by atoms with Crippen LogP contribution >= 0.6 is 22.7 Å². The maximum absolute atomic E-state index is 12.4. The molecule has 0 saturated carbocycles. The van der Waals surface area contributed by atoms with Gasteiger partial charge in [-0.1, -0.05) is 6.07 Å². The van der Waals surface area contributed by atoms with Gasteiger partial charge in [-0.2, -0.15) is 5.10 Å². The average Bonchev–Trinajstić information content (AvgIpc) is 3.20. The van der Waals surface area contributed by atoms with Gasteiger partial charge in [0.15, 0.2) is 0 Å². The molecule has 3 aromatic rings. The van der Waals surface area contributed by atoms with Crippen LogP contribution in [0.3, 0.4) is 0 Å². The molecular weight excluding hydrogens is 304 g/mol. The van der Waals surface area contributed by atoms with Gasteiger partial charge in [-0.15, -0.1) is 22.7 Å². The third-order valence-electron chi connectivity index (χ3n) is 3.09. The fraction of sp³-hybridized carbons (Fsp3) is 0.214. The Balaban J connectivity index is 1.79. The highest BCUT2D eigenvalue weighted by Gasteiger charge is 2.20. The number of carbonyl (C=O) groups excluding carboxylic acids is 1. The Kier molecular flexibility index (Phi) is 4.12. The lowest BCUT2D eigenvalue weighted by molar-refractivity contribution is 0.0927. The Hall–Kier alpha value is -1.99. The third kappa shape index (κ3) is 3.20. The highest BCUT2D eigenvalue weighted by atomic mass is 32.1. The van der Waals surface area contributed by atoms with Gasteiger partial charge in [0.05, 0.1) is 6.04 Å². The van der Waals surface area contributed by atoms with Crippen LogP contribution in [0, 0.1) is 0 Å². The molecule has 0 saturated heterocycles. The zero-order valence-electron chi connectivity index (χ0n) is 11.4. The maximum Gasteiger partial charge on any atom is 0.270 e. The van der Waals surface area contributed by atoms with Crippen LogP contribution in [-0.2, 0) is 13.5 Å². The zero-order chi connectivity index (χ0) is 14.7. The molecule has 0 aromatic carbocycles. The van der Waals surface area contributed by atoms with Crippen LogP contribution in [-0.4, -0.2) is 20.7 Å². The van der Waals surface area contributed by atoms with Crippen molar-refractivity contribution in [2.45, 2.75) is 12.5 Å². The van der Waals surface area contributed by atoms with Gasteiger partial charge in [-0.05, 0) is 17.5 Å². The van der Waals surface area contributed by atoms with Crippen LogP contribution in [0.2, 0.25) is 0 Å². The molecule has 3 heterocycles. The summed E-state index contributed by atoms with van der Waals surface area (Å²) in [7, 11) is 1.76. The van der Waals surface area contributed by atoms with Crippen LogP contribution in [0.4, 0.5) is 0 Å². The van der Waals surface area contributed by atoms with Gasteiger partial charge in [0.2, 0.25) is 0 Å². The summed E-state index contributed by atoms with van der Waals surface area (Å²) < 4.78 is 1.57. The number of rotatable bonds is 5. The topological polar surface area (TPSA) is 59.8 Å². The van der Waals surface area contributed by atoms with E-state index < -0.39 is 0 Å². The highest BCUT2D eigenvalue weighted by molar-refractivity contribution is 7.10. The average molecular weight is 318 g/mol. The molecule has 3 aromatic heterocycles. The lowest BCUT2D eigenvalue weighted by Crippen LogP contribution is -2.31. The predicted molar refractivity (Wildman–Crippen MR) is 83.6 cm³/mol. The van der Waals surface area contributed by atoms with E-state index in [0.29, 0.717) is 5.69 Å². The molecule has 3 rings (SSSR count). The van der Waals surface area contributed by atoms with E-state index in [4.69, 9.17) is 0 Å². The number of thiazole rings is 1. The fourth-order valence-electron chi connectivity index (χ4n) is 2.07. The van der Waals surface area contributed by atoms with Gasteiger partial charge < -0.3 is 5.32 Å². The Morgan fingerprint density at radius 2 is 2.24 bits per heavy atom. The molecular formula is C14H14N4OS2. The predicted octanol–water partition coefficient (Wildman–Crippen LogP) is 2.65. The minimum atomic E-state index is -0.133. The molecule has 108 valence electrons. The molecule has 21 heavy (non-hydrogen) atoms. The Labute approximate surface area is 130 Å². The second kappa shape index (κ2) is 6.19. The second-order valence-electron chi connectivity index (χ2n) is 4.52. The van der Waals surface area contributed by atoms with Crippen LogP contribution < -0.4 is 5.32 Å². The summed E-state index contributed by atoms with van der Waals surface area (Å²) >= 11 is 3.24. The number of amides is 1. The number of aryl methyl sites for hydroxylation is 1. The van der Waals surface area contributed by atoms with Crippen LogP contribution in [0.1, 0.15) is 26.4 Å². The van der Waals surface area contributed by atoms with Gasteiger partial charge >= 0.3 is 0 Å². The smallest absolute Gasteiger partial charge is 0.270 e. The molecule has 0 radical (unpaired) electrons. The Bertz CT molecular complexity index is 703. The molecule has 5 nitrogen and oxygen atoms in total. The fourth-order valence-corrected chi connectivity index (χ4v) is 3.51. The van der Waals surface area contributed by atoms with Gasteiger partial charge in [0.1, 0.15) is 10.7 Å². The SMILES string of the molecule is Cn1nccc1C(=O)N[C@H](Cc1cccs1)c1nccs1. The Morgan fingerprint density at radius 1 is 1.33 bits per heavy atom. The summed E-state index contributed by atoms with van der Waals surface area (Å²) in [5.41, 5.74) is 0.544. The van der Waals surface area contributed by atoms with Crippen molar-refractivity contribution in [1.82, 2.24) is 20.1 Å². The number of nitrogens with zero attached hydrogens (tertiary/aromatic N) is 3. The summed E-state index contributed by atoms with van der Waals surface area (Å²) in [4.78, 5) is 17.9. The van der Waals surface area contributed by atoms with Crippen molar-refractivity contribution in [3.05, 3.63) is 56.9 Å². The van der Waals surface area contributed by atoms with Gasteiger partial charge in [0.25, 0.3) is 5.91 Å². The van der Waals surface area contributed by atoms with Crippen molar-refractivity contribution < 1.29 is 4.79 Å². The van der Waals surface area contributed by atoms with E-state index >= 15 is 0 Å². The standard InChI is InChI=1S/C14H14N4OS2/c1-18-12(4-5-16-18)13(19)17-11(14-15-6-8-21-14)9-10-3-2-7-20-10/h2-8,11H,9H2,1H3,(H,17,19)/t11-/m1/s1. The molecule has 1 amide bonds. The molecule has 1 N–H and O–H groups in total. The summed E-state index contributed by atoms with van der Waals surface area (Å²) in [5, 5.41) is 12.0. The molecule has 0 aliphatic heterocycles. The number of hydrogen-bond donors (Lipinski definition) is 1. The number of thiophene rings is 1. The largest absolute Gasteiger partial charge is 0.341 e. The molecule has 0 aliphatic carbocycles. The lowest BCUT2D eigenvalue weighted by atomic mass is 10.2. The van der Waals surface area contributed by atoms with Crippen LogP contribution in [0.25, 0.3) is 0 Å². The zero-order valence-corrected chi connectivity index (χ0v) is 13.0. The van der Waals surface area contributed by atoms with Crippen molar-refractivity contribution in [3.63, 3.8) is 0 Å². The molecule has 0 unspecified atom stereocenters. The highest BCUT2D eigenvalue weighted by Crippen LogP contribution is 2.23. The van der Waals surface area contributed by atoms with E-state index in [1.807, 2.05) is 16.8 Å². The number of nitrogens with one attached hydrogen (secondary N) is 1. The summed E-state index contributed by atoms with van der Waals surface area (Å²) in [6.45, 7) is 0. The molecule has 0 spiro atoms. The molecule has 1 atom stereocenters. The maximum atomic E-state index is 12.4. The quantitative estimate of drug-likeness (QED) is 0.787. The van der Waals surface area contributed by atoms with Gasteiger partial charge in [-0.3, -0.25) is 9.48 Å². The van der Waals surface area contributed by atoms with Crippen molar-refractivity contribution in [2.75, 3.05) is 0 Å². The first-order valence-electron chi connectivity index (χ1n) is 6.44. The molecule has 0 fully saturated rings. The minimum absolute atomic E-state index is 0.119. The van der Waals surface area contributed by atoms with E-state index in [1.54, 1.807) is 52.9 Å². The molecule has 0 aliphatic rings. The van der Waals surface area contributed by atoms with E-state index in [9.17, 15) is 4.79 Å². The first kappa shape index (κ1) is 14.0. The lowest BCUT2D eigenvalue weighted by Gasteiger charge is -2.15. The monoisotopic (exact) mass is 318 g/mol. The van der Waals surface area contributed by atoms with Gasteiger partial charge in [0, 0.05) is 36.1 Å². The summed E-state index contributed by atoms with van der Waals surface area (Å²) in [5.74, 6) is -0.133. The van der Waals surface area contributed by atoms with Crippen LogP contribution in [0.5, 0.6) is 0 Å². The normalized spacial score (nSPS) is 12.2. The molecule has 0 bridgehead atoms. The van der Waals surface area contributed by atoms with E-state index in [0.717, 1.165) is 11.4 Å². The van der Waals surface area contributed by atoms with E-state index in [2.05, 4.69) is 21.5 Å². The van der Waals surface area contributed by atoms with Crippen molar-refractivity contribution in [3.8, 4) is 0 Å². The van der Waals surface area contributed by atoms with Crippen LogP contribution in [0.15, 0.2) is 41.4 Å². The Morgan fingerprint density at radius 3 is 2.86 bits per heavy atom. The number of aromatic nitrogens is 3. The van der Waals surface area contributed by atoms with Crippen molar-refractivity contribution in [1.29, 1.82) is 0 Å². The van der Waals surface area contributed by atoms with Crippen molar-refractivity contribution >= 4 is 28.6 Å². The van der Waals surface area contributed by atoms with Crippen molar-refractivity contribution in [2.24, 2.45) is 7.05 Å². The summed E-state index contributed by atoms with van der Waals surface area (Å²) in [6, 6.07) is 5.67. The molecule has 7 heteroatoms. The van der Waals surface area contributed by atoms with E-state index in [-0.39, 0.29) is 11.9 Å². The second-order valence-corrected chi connectivity index (χ2v) is 6.48.